The van der Waals surface area contributed by atoms with Crippen LogP contribution < -0.4 is 21.3 Å². The van der Waals surface area contributed by atoms with Crippen LogP contribution in [0.15, 0.2) is 79.0 Å². The summed E-state index contributed by atoms with van der Waals surface area (Å²) in [5.41, 5.74) is 10.4. The van der Waals surface area contributed by atoms with Gasteiger partial charge in [0.2, 0.25) is 5.91 Å². The number of nitrogens with one attached hydrogen (secondary N) is 2. The molecule has 1 aliphatic heterocycles. The van der Waals surface area contributed by atoms with E-state index >= 15 is 0 Å². The molecule has 7 nitrogen and oxygen atoms in total. The largest absolute Gasteiger partial charge is 0.381 e. The minimum Gasteiger partial charge on any atom is -0.381 e. The minimum absolute atomic E-state index is 0.124. The first-order chi connectivity index (χ1) is 17.2. The van der Waals surface area contributed by atoms with Crippen molar-refractivity contribution in [2.24, 2.45) is 5.73 Å². The smallest absolute Gasteiger partial charge is 0.221 e. The second kappa shape index (κ2) is 10.4. The Labute approximate surface area is 204 Å². The molecule has 3 aromatic carbocycles. The third-order valence-corrected chi connectivity index (χ3v) is 6.22. The predicted octanol–water partition coefficient (Wildman–Crippen LogP) is 4.45. The molecule has 1 saturated heterocycles. The standard InChI is InChI=1S/C28H29N5O2/c29-27(34)16-22-19-31-28(32-23-8-10-24(11-9-23)33-12-14-35-15-13-33)17-26(22)30-18-21-6-3-5-20-4-1-2-7-25(20)21/h1-11,17,19H,12-16,18H2,(H2,29,34)(H2,30,31,32). The van der Waals surface area contributed by atoms with E-state index in [2.05, 4.69) is 63.0 Å². The molecule has 35 heavy (non-hydrogen) atoms. The van der Waals surface area contributed by atoms with Crippen LogP contribution in [0.1, 0.15) is 11.1 Å². The highest BCUT2D eigenvalue weighted by molar-refractivity contribution is 5.86. The Balaban J connectivity index is 1.34. The van der Waals surface area contributed by atoms with E-state index in [9.17, 15) is 4.79 Å². The number of morpholine rings is 1. The number of rotatable bonds is 8. The number of hydrogen-bond donors (Lipinski definition) is 3. The van der Waals surface area contributed by atoms with Crippen molar-refractivity contribution < 1.29 is 9.53 Å². The van der Waals surface area contributed by atoms with Crippen LogP contribution in [0.25, 0.3) is 10.8 Å². The van der Waals surface area contributed by atoms with Crippen molar-refractivity contribution in [2.75, 3.05) is 41.8 Å². The molecule has 2 heterocycles. The molecule has 0 saturated carbocycles. The summed E-state index contributed by atoms with van der Waals surface area (Å²) in [6.45, 7) is 3.94. The van der Waals surface area contributed by atoms with Crippen LogP contribution in [0.2, 0.25) is 0 Å². The highest BCUT2D eigenvalue weighted by Crippen LogP contribution is 2.26. The summed E-state index contributed by atoms with van der Waals surface area (Å²) in [5, 5.41) is 9.27. The van der Waals surface area contributed by atoms with E-state index in [4.69, 9.17) is 10.5 Å². The number of primary amides is 1. The molecule has 0 aliphatic carbocycles. The van der Waals surface area contributed by atoms with Crippen molar-refractivity contribution in [3.63, 3.8) is 0 Å². The second-order valence-corrected chi connectivity index (χ2v) is 8.63. The van der Waals surface area contributed by atoms with Crippen LogP contribution in [-0.4, -0.2) is 37.2 Å². The van der Waals surface area contributed by atoms with Crippen LogP contribution in [0, 0.1) is 0 Å². The molecule has 4 N–H and O–H groups in total. The molecule has 0 unspecified atom stereocenters. The fraction of sp³-hybridized carbons (Fsp3) is 0.214. The van der Waals surface area contributed by atoms with Crippen molar-refractivity contribution in [3.05, 3.63) is 90.1 Å². The van der Waals surface area contributed by atoms with Gasteiger partial charge < -0.3 is 26.0 Å². The van der Waals surface area contributed by atoms with Gasteiger partial charge in [0.05, 0.1) is 19.6 Å². The van der Waals surface area contributed by atoms with Gasteiger partial charge in [-0.1, -0.05) is 42.5 Å². The van der Waals surface area contributed by atoms with Gasteiger partial charge in [0.15, 0.2) is 0 Å². The quantitative estimate of drug-likeness (QED) is 0.354. The number of ether oxygens (including phenoxy) is 1. The van der Waals surface area contributed by atoms with E-state index in [0.29, 0.717) is 12.4 Å². The predicted molar refractivity (Wildman–Crippen MR) is 141 cm³/mol. The minimum atomic E-state index is -0.389. The number of nitrogens with two attached hydrogens (primary N) is 1. The van der Waals surface area contributed by atoms with Crippen LogP contribution >= 0.6 is 0 Å². The lowest BCUT2D eigenvalue weighted by Crippen LogP contribution is -2.36. The zero-order chi connectivity index (χ0) is 24.0. The topological polar surface area (TPSA) is 92.5 Å². The summed E-state index contributed by atoms with van der Waals surface area (Å²) in [5.74, 6) is 0.303. The van der Waals surface area contributed by atoms with E-state index < -0.39 is 0 Å². The highest BCUT2D eigenvalue weighted by Gasteiger charge is 2.12. The molecule has 0 spiro atoms. The van der Waals surface area contributed by atoms with Gasteiger partial charge in [-0.3, -0.25) is 4.79 Å². The maximum atomic E-state index is 11.6. The fourth-order valence-corrected chi connectivity index (χ4v) is 4.41. The van der Waals surface area contributed by atoms with Gasteiger partial charge in [-0.25, -0.2) is 4.98 Å². The van der Waals surface area contributed by atoms with Crippen LogP contribution in [0.4, 0.5) is 22.9 Å². The third kappa shape index (κ3) is 5.53. The molecule has 5 rings (SSSR count). The lowest BCUT2D eigenvalue weighted by molar-refractivity contribution is -0.117. The van der Waals surface area contributed by atoms with Crippen molar-refractivity contribution in [1.29, 1.82) is 0 Å². The average Bonchev–Trinajstić information content (AvgIpc) is 2.89. The number of aromatic nitrogens is 1. The van der Waals surface area contributed by atoms with E-state index in [0.717, 1.165) is 43.2 Å². The first-order valence-corrected chi connectivity index (χ1v) is 11.8. The van der Waals surface area contributed by atoms with Crippen molar-refractivity contribution >= 4 is 39.6 Å². The molecule has 1 amide bonds. The monoisotopic (exact) mass is 467 g/mol. The molecule has 0 bridgehead atoms. The van der Waals surface area contributed by atoms with E-state index in [1.807, 2.05) is 30.3 Å². The van der Waals surface area contributed by atoms with Gasteiger partial charge in [0.25, 0.3) is 0 Å². The molecular weight excluding hydrogens is 438 g/mol. The summed E-state index contributed by atoms with van der Waals surface area (Å²) in [6, 6.07) is 24.8. The lowest BCUT2D eigenvalue weighted by Gasteiger charge is -2.28. The summed E-state index contributed by atoms with van der Waals surface area (Å²) >= 11 is 0. The molecule has 0 radical (unpaired) electrons. The zero-order valence-electron chi connectivity index (χ0n) is 19.5. The van der Waals surface area contributed by atoms with Gasteiger partial charge in [0, 0.05) is 54.5 Å². The number of carbonyl (C=O) groups is 1. The maximum Gasteiger partial charge on any atom is 0.221 e. The highest BCUT2D eigenvalue weighted by atomic mass is 16.5. The van der Waals surface area contributed by atoms with Crippen LogP contribution in [-0.2, 0) is 22.5 Å². The first kappa shape index (κ1) is 22.7. The number of hydrogen-bond acceptors (Lipinski definition) is 6. The number of fused-ring (bicyclic) bond motifs is 1. The molecule has 1 aliphatic rings. The van der Waals surface area contributed by atoms with Gasteiger partial charge in [-0.15, -0.1) is 0 Å². The van der Waals surface area contributed by atoms with Gasteiger partial charge in [0.1, 0.15) is 5.82 Å². The number of carbonyl (C=O) groups excluding carboxylic acids is 1. The Bertz CT molecular complexity index is 1310. The Kier molecular flexibility index (Phi) is 6.77. The van der Waals surface area contributed by atoms with Crippen molar-refractivity contribution in [3.8, 4) is 0 Å². The van der Waals surface area contributed by atoms with E-state index in [1.165, 1.54) is 22.0 Å². The maximum absolute atomic E-state index is 11.6. The normalized spacial score (nSPS) is 13.5. The molecular formula is C28H29N5O2. The Morgan fingerprint density at radius 1 is 0.971 bits per heavy atom. The first-order valence-electron chi connectivity index (χ1n) is 11.8. The van der Waals surface area contributed by atoms with Crippen LogP contribution in [0.5, 0.6) is 0 Å². The number of amides is 1. The Hall–Kier alpha value is -4.10. The van der Waals surface area contributed by atoms with E-state index in [-0.39, 0.29) is 12.3 Å². The van der Waals surface area contributed by atoms with Gasteiger partial charge in [-0.05, 0) is 40.6 Å². The number of pyridine rings is 1. The summed E-state index contributed by atoms with van der Waals surface area (Å²) in [6.07, 6.45) is 1.83. The molecule has 0 atom stereocenters. The summed E-state index contributed by atoms with van der Waals surface area (Å²) < 4.78 is 5.44. The Morgan fingerprint density at radius 3 is 2.54 bits per heavy atom. The van der Waals surface area contributed by atoms with Crippen molar-refractivity contribution in [1.82, 2.24) is 4.98 Å². The SMILES string of the molecule is NC(=O)Cc1cnc(Nc2ccc(N3CCOCC3)cc2)cc1NCc1cccc2ccccc12. The fourth-order valence-electron chi connectivity index (χ4n) is 4.41. The molecule has 178 valence electrons. The molecule has 1 fully saturated rings. The number of nitrogens with zero attached hydrogens (tertiary/aromatic N) is 2. The van der Waals surface area contributed by atoms with Gasteiger partial charge >= 0.3 is 0 Å². The summed E-state index contributed by atoms with van der Waals surface area (Å²) in [4.78, 5) is 18.5. The number of benzene rings is 3. The molecule has 7 heteroatoms. The second-order valence-electron chi connectivity index (χ2n) is 8.63. The lowest BCUT2D eigenvalue weighted by atomic mass is 10.0. The average molecular weight is 468 g/mol. The molecule has 4 aromatic rings. The molecule has 1 aromatic heterocycles. The zero-order valence-corrected chi connectivity index (χ0v) is 19.5. The van der Waals surface area contributed by atoms with Crippen molar-refractivity contribution in [2.45, 2.75) is 13.0 Å². The third-order valence-electron chi connectivity index (χ3n) is 6.22. The van der Waals surface area contributed by atoms with E-state index in [1.54, 1.807) is 6.20 Å². The Morgan fingerprint density at radius 2 is 1.74 bits per heavy atom. The van der Waals surface area contributed by atoms with Gasteiger partial charge in [-0.2, -0.15) is 0 Å². The van der Waals surface area contributed by atoms with Crippen LogP contribution in [0.3, 0.4) is 0 Å². The summed E-state index contributed by atoms with van der Waals surface area (Å²) in [7, 11) is 0. The number of anilines is 4.